The third-order valence-corrected chi connectivity index (χ3v) is 3.88. The molecular formula is C14H20ClNO2. The fraction of sp³-hybridized carbons (Fsp3) is 0.571. The topological polar surface area (TPSA) is 32.7 Å². The first-order valence-electron chi connectivity index (χ1n) is 6.39. The molecule has 1 atom stereocenters. The van der Waals surface area contributed by atoms with Gasteiger partial charge in [0.15, 0.2) is 0 Å². The highest BCUT2D eigenvalue weighted by atomic mass is 35.5. The number of hydrogen-bond donors (Lipinski definition) is 1. The summed E-state index contributed by atoms with van der Waals surface area (Å²) in [5, 5.41) is 10.9. The molecule has 1 aromatic carbocycles. The van der Waals surface area contributed by atoms with E-state index in [1.807, 2.05) is 24.3 Å². The van der Waals surface area contributed by atoms with Crippen LogP contribution in [0.1, 0.15) is 24.5 Å². The van der Waals surface area contributed by atoms with Crippen LogP contribution in [0, 0.1) is 0 Å². The molecule has 0 amide bonds. The fourth-order valence-electron chi connectivity index (χ4n) is 2.39. The molecule has 4 heteroatoms. The van der Waals surface area contributed by atoms with Crippen molar-refractivity contribution in [3.8, 4) is 0 Å². The summed E-state index contributed by atoms with van der Waals surface area (Å²) >= 11 is 6.09. The van der Waals surface area contributed by atoms with Crippen LogP contribution in [0.5, 0.6) is 0 Å². The van der Waals surface area contributed by atoms with Gasteiger partial charge in [-0.1, -0.05) is 29.8 Å². The SMILES string of the molecule is CN(CC(O)c1ccccc1Cl)C1CCOCC1. The summed E-state index contributed by atoms with van der Waals surface area (Å²) in [5.41, 5.74) is 0.804. The zero-order chi connectivity index (χ0) is 13.0. The molecule has 1 aliphatic heterocycles. The highest BCUT2D eigenvalue weighted by Gasteiger charge is 2.21. The number of hydrogen-bond acceptors (Lipinski definition) is 3. The Labute approximate surface area is 113 Å². The van der Waals surface area contributed by atoms with Crippen LogP contribution in [0.3, 0.4) is 0 Å². The largest absolute Gasteiger partial charge is 0.387 e. The number of likely N-dealkylation sites (N-methyl/N-ethyl adjacent to an activating group) is 1. The Bertz CT molecular complexity index is 380. The van der Waals surface area contributed by atoms with E-state index < -0.39 is 6.10 Å². The Hall–Kier alpha value is -0.610. The normalized spacial score (nSPS) is 19.1. The number of halogens is 1. The molecule has 1 aromatic rings. The predicted octanol–water partition coefficient (Wildman–Crippen LogP) is 2.48. The molecule has 1 N–H and O–H groups in total. The lowest BCUT2D eigenvalue weighted by atomic mass is 10.1. The standard InChI is InChI=1S/C14H20ClNO2/c1-16(11-6-8-18-9-7-11)10-14(17)12-4-2-3-5-13(12)15/h2-5,11,14,17H,6-10H2,1H3. The zero-order valence-electron chi connectivity index (χ0n) is 10.7. The van der Waals surface area contributed by atoms with Crippen LogP contribution < -0.4 is 0 Å². The Morgan fingerprint density at radius 2 is 2.06 bits per heavy atom. The molecule has 18 heavy (non-hydrogen) atoms. The Balaban J connectivity index is 1.94. The molecule has 1 aliphatic rings. The van der Waals surface area contributed by atoms with Gasteiger partial charge < -0.3 is 14.7 Å². The lowest BCUT2D eigenvalue weighted by Gasteiger charge is -2.32. The Morgan fingerprint density at radius 1 is 1.39 bits per heavy atom. The maximum Gasteiger partial charge on any atom is 0.0931 e. The molecule has 0 radical (unpaired) electrons. The summed E-state index contributed by atoms with van der Waals surface area (Å²) in [4.78, 5) is 2.20. The Kier molecular flexibility index (Phi) is 5.01. The minimum Gasteiger partial charge on any atom is -0.387 e. The number of aliphatic hydroxyl groups excluding tert-OH is 1. The van der Waals surface area contributed by atoms with E-state index in [2.05, 4.69) is 11.9 Å². The Morgan fingerprint density at radius 3 is 2.72 bits per heavy atom. The molecule has 0 spiro atoms. The molecule has 1 fully saturated rings. The highest BCUT2D eigenvalue weighted by Crippen LogP contribution is 2.24. The second kappa shape index (κ2) is 6.53. The average Bonchev–Trinajstić information content (AvgIpc) is 2.40. The van der Waals surface area contributed by atoms with Gasteiger partial charge in [0.1, 0.15) is 0 Å². The van der Waals surface area contributed by atoms with Crippen LogP contribution in [0.4, 0.5) is 0 Å². The molecular weight excluding hydrogens is 250 g/mol. The van der Waals surface area contributed by atoms with Crippen molar-refractivity contribution in [2.24, 2.45) is 0 Å². The van der Waals surface area contributed by atoms with Crippen LogP contribution >= 0.6 is 11.6 Å². The van der Waals surface area contributed by atoms with Crippen LogP contribution in [-0.2, 0) is 4.74 Å². The van der Waals surface area contributed by atoms with Crippen molar-refractivity contribution in [2.45, 2.75) is 25.0 Å². The average molecular weight is 270 g/mol. The van der Waals surface area contributed by atoms with Crippen molar-refractivity contribution in [2.75, 3.05) is 26.8 Å². The molecule has 100 valence electrons. The van der Waals surface area contributed by atoms with Gasteiger partial charge in [-0.25, -0.2) is 0 Å². The number of nitrogens with zero attached hydrogens (tertiary/aromatic N) is 1. The highest BCUT2D eigenvalue weighted by molar-refractivity contribution is 6.31. The van der Waals surface area contributed by atoms with Gasteiger partial charge in [-0.2, -0.15) is 0 Å². The molecule has 0 saturated carbocycles. The van der Waals surface area contributed by atoms with E-state index in [9.17, 15) is 5.11 Å². The van der Waals surface area contributed by atoms with Crippen molar-refractivity contribution in [3.05, 3.63) is 34.9 Å². The van der Waals surface area contributed by atoms with Crippen molar-refractivity contribution >= 4 is 11.6 Å². The van der Waals surface area contributed by atoms with E-state index in [0.717, 1.165) is 31.6 Å². The lowest BCUT2D eigenvalue weighted by Crippen LogP contribution is -2.39. The van der Waals surface area contributed by atoms with Gasteiger partial charge >= 0.3 is 0 Å². The van der Waals surface area contributed by atoms with Crippen molar-refractivity contribution in [1.82, 2.24) is 4.90 Å². The number of rotatable bonds is 4. The molecule has 0 aromatic heterocycles. The fourth-order valence-corrected chi connectivity index (χ4v) is 2.65. The quantitative estimate of drug-likeness (QED) is 0.912. The molecule has 1 heterocycles. The van der Waals surface area contributed by atoms with Gasteiger partial charge in [0.2, 0.25) is 0 Å². The van der Waals surface area contributed by atoms with E-state index in [1.54, 1.807) is 0 Å². The van der Waals surface area contributed by atoms with Crippen molar-refractivity contribution in [3.63, 3.8) is 0 Å². The first-order valence-corrected chi connectivity index (χ1v) is 6.76. The van der Waals surface area contributed by atoms with Gasteiger partial charge in [-0.15, -0.1) is 0 Å². The second-order valence-electron chi connectivity index (χ2n) is 4.82. The minimum atomic E-state index is -0.536. The first-order chi connectivity index (χ1) is 8.68. The number of benzene rings is 1. The van der Waals surface area contributed by atoms with Gasteiger partial charge in [-0.05, 0) is 26.0 Å². The van der Waals surface area contributed by atoms with E-state index in [4.69, 9.17) is 16.3 Å². The van der Waals surface area contributed by atoms with Crippen molar-refractivity contribution in [1.29, 1.82) is 0 Å². The summed E-state index contributed by atoms with van der Waals surface area (Å²) in [6.45, 7) is 2.24. The monoisotopic (exact) mass is 269 g/mol. The molecule has 0 bridgehead atoms. The smallest absolute Gasteiger partial charge is 0.0931 e. The molecule has 0 aliphatic carbocycles. The maximum atomic E-state index is 10.2. The summed E-state index contributed by atoms with van der Waals surface area (Å²) in [6.07, 6.45) is 1.53. The van der Waals surface area contributed by atoms with E-state index in [0.29, 0.717) is 17.6 Å². The van der Waals surface area contributed by atoms with E-state index >= 15 is 0 Å². The third-order valence-electron chi connectivity index (χ3n) is 3.54. The maximum absolute atomic E-state index is 10.2. The van der Waals surface area contributed by atoms with Crippen LogP contribution in [0.25, 0.3) is 0 Å². The number of ether oxygens (including phenoxy) is 1. The molecule has 2 rings (SSSR count). The summed E-state index contributed by atoms with van der Waals surface area (Å²) in [6, 6.07) is 7.97. The van der Waals surface area contributed by atoms with E-state index in [-0.39, 0.29) is 0 Å². The predicted molar refractivity (Wildman–Crippen MR) is 72.9 cm³/mol. The van der Waals surface area contributed by atoms with Crippen LogP contribution in [0.15, 0.2) is 24.3 Å². The van der Waals surface area contributed by atoms with Gasteiger partial charge in [-0.3, -0.25) is 0 Å². The van der Waals surface area contributed by atoms with Gasteiger partial charge in [0.25, 0.3) is 0 Å². The van der Waals surface area contributed by atoms with Crippen molar-refractivity contribution < 1.29 is 9.84 Å². The molecule has 3 nitrogen and oxygen atoms in total. The molecule has 1 unspecified atom stereocenters. The van der Waals surface area contributed by atoms with Gasteiger partial charge in [0, 0.05) is 36.4 Å². The first kappa shape index (κ1) is 13.8. The molecule has 1 saturated heterocycles. The second-order valence-corrected chi connectivity index (χ2v) is 5.23. The number of aliphatic hydroxyl groups is 1. The lowest BCUT2D eigenvalue weighted by molar-refractivity contribution is 0.0253. The van der Waals surface area contributed by atoms with E-state index in [1.165, 1.54) is 0 Å². The van der Waals surface area contributed by atoms with Crippen LogP contribution in [0.2, 0.25) is 5.02 Å². The minimum absolute atomic E-state index is 0.496. The zero-order valence-corrected chi connectivity index (χ0v) is 11.4. The van der Waals surface area contributed by atoms with Crippen LogP contribution in [-0.4, -0.2) is 42.9 Å². The summed E-state index contributed by atoms with van der Waals surface area (Å²) < 4.78 is 5.35. The summed E-state index contributed by atoms with van der Waals surface area (Å²) in [5.74, 6) is 0. The third kappa shape index (κ3) is 3.45. The summed E-state index contributed by atoms with van der Waals surface area (Å²) in [7, 11) is 2.05. The van der Waals surface area contributed by atoms with Gasteiger partial charge in [0.05, 0.1) is 6.10 Å².